The second-order valence-electron chi connectivity index (χ2n) is 1.65. The van der Waals surface area contributed by atoms with Crippen LogP contribution >= 0.6 is 0 Å². The first-order valence-corrected chi connectivity index (χ1v) is 2.53. The van der Waals surface area contributed by atoms with Crippen molar-refractivity contribution in [3.63, 3.8) is 0 Å². The summed E-state index contributed by atoms with van der Waals surface area (Å²) in [5.41, 5.74) is -2.20. The third-order valence-electron chi connectivity index (χ3n) is 1.06. The Morgan fingerprint density at radius 1 is 1.70 bits per heavy atom. The van der Waals surface area contributed by atoms with Gasteiger partial charge in [0, 0.05) is 21.0 Å². The van der Waals surface area contributed by atoms with Crippen molar-refractivity contribution in [2.45, 2.75) is 25.6 Å². The van der Waals surface area contributed by atoms with E-state index in [9.17, 15) is 4.79 Å². The van der Waals surface area contributed by atoms with Gasteiger partial charge in [0.05, 0.1) is 0 Å². The van der Waals surface area contributed by atoms with Gasteiger partial charge >= 0.3 is 5.63 Å². The van der Waals surface area contributed by atoms with Crippen LogP contribution in [0.5, 0.6) is 0 Å². The third-order valence-corrected chi connectivity index (χ3v) is 1.06. The first-order valence-electron chi connectivity index (χ1n) is 6.53. The molecular formula is C6H9N2O2+. The summed E-state index contributed by atoms with van der Waals surface area (Å²) in [6.07, 6.45) is -9.50. The lowest BCUT2D eigenvalue weighted by Gasteiger charge is -1.99. The monoisotopic (exact) mass is 149 g/mol. The Bertz CT molecular complexity index is 558. The molecule has 0 unspecified atom stereocenters. The zero-order chi connectivity index (χ0) is 14.1. The van der Waals surface area contributed by atoms with E-state index in [1.54, 1.807) is 5.27 Å². The Kier molecular flexibility index (Phi) is 0.345. The van der Waals surface area contributed by atoms with Crippen LogP contribution in [0, 0.1) is 0 Å². The Morgan fingerprint density at radius 3 is 3.50 bits per heavy atom. The van der Waals surface area contributed by atoms with Crippen molar-refractivity contribution in [1.29, 1.82) is 0 Å². The fourth-order valence-corrected chi connectivity index (χ4v) is 0.632. The van der Waals surface area contributed by atoms with Gasteiger partial charge in [-0.15, -0.1) is 0 Å². The summed E-state index contributed by atoms with van der Waals surface area (Å²) in [6, 6.07) is 0. The lowest BCUT2D eigenvalue weighted by molar-refractivity contribution is -0.772. The molecule has 0 amide bonds. The highest BCUT2D eigenvalue weighted by molar-refractivity contribution is 4.84. The molecule has 1 aliphatic rings. The summed E-state index contributed by atoms with van der Waals surface area (Å²) >= 11 is 0. The van der Waals surface area contributed by atoms with Crippen LogP contribution in [0.3, 0.4) is 0 Å². The number of aromatic nitrogens is 2. The number of hydrogen-bond acceptors (Lipinski definition) is 2. The van der Waals surface area contributed by atoms with Crippen LogP contribution in [0.4, 0.5) is 0 Å². The molecule has 1 aromatic rings. The van der Waals surface area contributed by atoms with E-state index in [0.29, 0.717) is 0 Å². The molecule has 10 heavy (non-hydrogen) atoms. The van der Waals surface area contributed by atoms with Gasteiger partial charge in [0.15, 0.2) is 6.50 Å². The Morgan fingerprint density at radius 2 is 2.60 bits per heavy atom. The molecule has 0 fully saturated rings. The topological polar surface area (TPSA) is 49.9 Å². The van der Waals surface area contributed by atoms with Crippen molar-refractivity contribution in [1.82, 2.24) is 5.27 Å². The summed E-state index contributed by atoms with van der Waals surface area (Å²) in [4.78, 5) is 11.4. The van der Waals surface area contributed by atoms with Crippen molar-refractivity contribution < 1.29 is 20.2 Å². The molecule has 2 heterocycles. The molecule has 0 saturated carbocycles. The summed E-state index contributed by atoms with van der Waals surface area (Å²) in [6.45, 7) is -3.00. The minimum absolute atomic E-state index is 0.261. The fourth-order valence-electron chi connectivity index (χ4n) is 0.632. The number of fused-ring (bicyclic) bond motifs is 1. The average molecular weight is 149 g/mol. The minimum atomic E-state index is -3.25. The van der Waals surface area contributed by atoms with Gasteiger partial charge < -0.3 is 0 Å². The van der Waals surface area contributed by atoms with Gasteiger partial charge in [0.25, 0.3) is 5.69 Å². The highest BCUT2D eigenvalue weighted by Gasteiger charge is 2.23. The molecular weight excluding hydrogens is 132 g/mol. The second-order valence-corrected chi connectivity index (χ2v) is 1.65. The Balaban J connectivity index is 2.93. The van der Waals surface area contributed by atoms with Gasteiger partial charge in [-0.25, -0.2) is 4.79 Å². The highest BCUT2D eigenvalue weighted by Crippen LogP contribution is 2.00. The SMILES string of the molecule is [2H]C1([2H])c2c(=O)o[nH][n+]2C([2H])([2H])C([2H])([2H])C1([2H])[2H]. The molecule has 54 valence electrons. The van der Waals surface area contributed by atoms with Gasteiger partial charge in [0.1, 0.15) is 2.74 Å². The number of aryl methyl sites for hydroxylation is 1. The van der Waals surface area contributed by atoms with E-state index >= 15 is 0 Å². The van der Waals surface area contributed by atoms with Crippen LogP contribution in [-0.4, -0.2) is 5.27 Å². The van der Waals surface area contributed by atoms with Gasteiger partial charge in [-0.05, 0) is 11.6 Å². The van der Waals surface area contributed by atoms with Crippen LogP contribution in [0.25, 0.3) is 0 Å². The van der Waals surface area contributed by atoms with Gasteiger partial charge in [0.2, 0.25) is 0 Å². The lowest BCUT2D eigenvalue weighted by Crippen LogP contribution is -2.43. The van der Waals surface area contributed by atoms with E-state index in [-0.39, 0.29) is 4.68 Å². The van der Waals surface area contributed by atoms with E-state index in [1.807, 2.05) is 0 Å². The lowest BCUT2D eigenvalue weighted by atomic mass is 10.1. The van der Waals surface area contributed by atoms with Gasteiger partial charge in [-0.2, -0.15) is 0 Å². The number of nitrogens with zero attached hydrogens (tertiary/aromatic N) is 1. The van der Waals surface area contributed by atoms with Crippen LogP contribution in [0.1, 0.15) is 29.4 Å². The molecule has 0 bridgehead atoms. The number of hydrogen-bond donors (Lipinski definition) is 1. The van der Waals surface area contributed by atoms with Crippen molar-refractivity contribution in [2.75, 3.05) is 0 Å². The third kappa shape index (κ3) is 0.683. The van der Waals surface area contributed by atoms with E-state index in [2.05, 4.69) is 4.52 Å². The standard InChI is InChI=1S/C6H8N2O2/c9-6-5-3-1-2-4-8(5)7-10-6/h1-4H2/p+1/i1D2,2D2,3D2,4D2. The smallest absolute Gasteiger partial charge is 0.283 e. The predicted octanol–water partition coefficient (Wildman–Crippen LogP) is -0.408. The number of nitrogens with one attached hydrogen (secondary N) is 1. The predicted molar refractivity (Wildman–Crippen MR) is 32.5 cm³/mol. The number of aromatic amines is 1. The van der Waals surface area contributed by atoms with Crippen LogP contribution in [-0.2, 0) is 12.9 Å². The molecule has 1 aromatic heterocycles. The summed E-state index contributed by atoms with van der Waals surface area (Å²) in [7, 11) is 0. The van der Waals surface area contributed by atoms with E-state index in [0.717, 1.165) is 0 Å². The Labute approximate surface area is 68.7 Å². The molecule has 2 rings (SSSR count). The van der Waals surface area contributed by atoms with E-state index < -0.39 is 36.9 Å². The molecule has 1 N–H and O–H groups in total. The first-order chi connectivity index (χ1) is 7.89. The van der Waals surface area contributed by atoms with Crippen molar-refractivity contribution >= 4 is 0 Å². The fraction of sp³-hybridized carbons (Fsp3) is 0.667. The molecule has 4 heteroatoms. The molecule has 0 atom stereocenters. The van der Waals surface area contributed by atoms with Crippen LogP contribution in [0.2, 0.25) is 0 Å². The largest absolute Gasteiger partial charge is 0.429 e. The minimum Gasteiger partial charge on any atom is -0.283 e. The molecule has 1 aliphatic heterocycles. The molecule has 0 aromatic carbocycles. The van der Waals surface area contributed by atoms with Gasteiger partial charge in [-0.3, -0.25) is 4.52 Å². The van der Waals surface area contributed by atoms with Crippen molar-refractivity contribution in [3.8, 4) is 0 Å². The normalized spacial score (nSPS) is 48.8. The highest BCUT2D eigenvalue weighted by atomic mass is 16.5. The van der Waals surface area contributed by atoms with Crippen LogP contribution < -0.4 is 10.3 Å². The quantitative estimate of drug-likeness (QED) is 0.510. The summed E-state index contributed by atoms with van der Waals surface area (Å²) in [5, 5.41) is 1.77. The van der Waals surface area contributed by atoms with E-state index in [1.165, 1.54) is 0 Å². The zero-order valence-electron chi connectivity index (χ0n) is 12.8. The maximum atomic E-state index is 11.4. The number of rotatable bonds is 0. The maximum Gasteiger partial charge on any atom is 0.429 e. The zero-order valence-corrected chi connectivity index (χ0v) is 4.76. The molecule has 4 nitrogen and oxygen atoms in total. The van der Waals surface area contributed by atoms with Crippen molar-refractivity contribution in [3.05, 3.63) is 16.1 Å². The van der Waals surface area contributed by atoms with Crippen LogP contribution in [0.15, 0.2) is 9.32 Å². The molecule has 0 aliphatic carbocycles. The van der Waals surface area contributed by atoms with Crippen molar-refractivity contribution in [2.24, 2.45) is 0 Å². The van der Waals surface area contributed by atoms with E-state index in [4.69, 9.17) is 11.0 Å². The molecule has 0 saturated heterocycles. The maximum absolute atomic E-state index is 11.4. The summed E-state index contributed by atoms with van der Waals surface area (Å²) in [5.74, 6) is 0. The van der Waals surface area contributed by atoms with Gasteiger partial charge in [-0.1, -0.05) is 4.68 Å². The first kappa shape index (κ1) is 1.75. The molecule has 0 spiro atoms. The number of H-pyrrole nitrogens is 1. The Hall–Kier alpha value is -1.06. The second kappa shape index (κ2) is 1.97. The summed E-state index contributed by atoms with van der Waals surface area (Å²) < 4.78 is 64.9. The average Bonchev–Trinajstić information content (AvgIpc) is 2.58. The molecule has 0 radical (unpaired) electrons.